The third-order valence-electron chi connectivity index (χ3n) is 2.94. The lowest BCUT2D eigenvalue weighted by Crippen LogP contribution is -2.27. The summed E-state index contributed by atoms with van der Waals surface area (Å²) in [6.07, 6.45) is 0.747. The van der Waals surface area contributed by atoms with Gasteiger partial charge in [0, 0.05) is 32.1 Å². The molecular weight excluding hydrogens is 270 g/mol. The molecule has 0 fully saturated rings. The quantitative estimate of drug-likeness (QED) is 0.786. The largest absolute Gasteiger partial charge is 0.383 e. The molecule has 0 radical (unpaired) electrons. The zero-order valence-corrected chi connectivity index (χ0v) is 12.3. The van der Waals surface area contributed by atoms with Gasteiger partial charge in [0.05, 0.1) is 6.61 Å². The summed E-state index contributed by atoms with van der Waals surface area (Å²) in [6.45, 7) is 3.02. The summed E-state index contributed by atoms with van der Waals surface area (Å²) in [5.41, 5.74) is 2.05. The zero-order valence-electron chi connectivity index (χ0n) is 12.3. The van der Waals surface area contributed by atoms with E-state index >= 15 is 0 Å². The molecule has 0 spiro atoms. The van der Waals surface area contributed by atoms with Gasteiger partial charge in [0.1, 0.15) is 0 Å². The number of rotatable bonds is 7. The molecule has 112 valence electrons. The molecule has 21 heavy (non-hydrogen) atoms. The molecule has 1 heterocycles. The van der Waals surface area contributed by atoms with Crippen LogP contribution in [-0.2, 0) is 16.0 Å². The molecule has 1 aromatic heterocycles. The normalized spacial score (nSPS) is 10.6. The first-order valence-corrected chi connectivity index (χ1v) is 6.84. The van der Waals surface area contributed by atoms with Crippen LogP contribution in [0.25, 0.3) is 11.4 Å². The molecule has 0 aliphatic rings. The Hall–Kier alpha value is -2.21. The maximum atomic E-state index is 11.6. The van der Waals surface area contributed by atoms with Gasteiger partial charge in [0.15, 0.2) is 0 Å². The smallest absolute Gasteiger partial charge is 0.227 e. The van der Waals surface area contributed by atoms with Gasteiger partial charge in [0.2, 0.25) is 17.6 Å². The molecule has 0 saturated heterocycles. The van der Waals surface area contributed by atoms with E-state index < -0.39 is 0 Å². The predicted molar refractivity (Wildman–Crippen MR) is 77.7 cm³/mol. The van der Waals surface area contributed by atoms with Crippen LogP contribution in [0.2, 0.25) is 0 Å². The van der Waals surface area contributed by atoms with E-state index in [2.05, 4.69) is 15.5 Å². The average molecular weight is 289 g/mol. The highest BCUT2D eigenvalue weighted by molar-refractivity contribution is 5.76. The van der Waals surface area contributed by atoms with E-state index in [1.807, 2.05) is 31.2 Å². The predicted octanol–water partition coefficient (Wildman–Crippen LogP) is 1.74. The molecule has 1 aromatic carbocycles. The Bertz CT molecular complexity index is 595. The number of carbonyl (C=O) groups is 1. The molecule has 6 heteroatoms. The summed E-state index contributed by atoms with van der Waals surface area (Å²) in [5.74, 6) is 0.962. The topological polar surface area (TPSA) is 77.2 Å². The van der Waals surface area contributed by atoms with E-state index in [9.17, 15) is 4.79 Å². The minimum absolute atomic E-state index is 0.0534. The van der Waals surface area contributed by atoms with Crippen LogP contribution in [0.5, 0.6) is 0 Å². The van der Waals surface area contributed by atoms with Gasteiger partial charge in [-0.15, -0.1) is 0 Å². The summed E-state index contributed by atoms with van der Waals surface area (Å²) >= 11 is 0. The first kappa shape index (κ1) is 15.2. The Morgan fingerprint density at radius 1 is 1.43 bits per heavy atom. The minimum Gasteiger partial charge on any atom is -0.383 e. The van der Waals surface area contributed by atoms with Crippen molar-refractivity contribution in [2.24, 2.45) is 0 Å². The number of amides is 1. The van der Waals surface area contributed by atoms with Crippen molar-refractivity contribution < 1.29 is 14.1 Å². The Morgan fingerprint density at radius 2 is 2.29 bits per heavy atom. The van der Waals surface area contributed by atoms with Crippen molar-refractivity contribution in [1.82, 2.24) is 15.5 Å². The van der Waals surface area contributed by atoms with Crippen LogP contribution < -0.4 is 5.32 Å². The number of ether oxygens (including phenoxy) is 1. The molecule has 0 aliphatic carbocycles. The number of benzene rings is 1. The highest BCUT2D eigenvalue weighted by Crippen LogP contribution is 2.17. The van der Waals surface area contributed by atoms with E-state index in [1.165, 1.54) is 0 Å². The third-order valence-corrected chi connectivity index (χ3v) is 2.94. The Morgan fingerprint density at radius 3 is 3.05 bits per heavy atom. The third kappa shape index (κ3) is 4.68. The van der Waals surface area contributed by atoms with Gasteiger partial charge < -0.3 is 14.6 Å². The highest BCUT2D eigenvalue weighted by Gasteiger charge is 2.10. The minimum atomic E-state index is -0.0534. The highest BCUT2D eigenvalue weighted by atomic mass is 16.5. The van der Waals surface area contributed by atoms with Crippen LogP contribution in [0.3, 0.4) is 0 Å². The first-order valence-electron chi connectivity index (χ1n) is 6.84. The van der Waals surface area contributed by atoms with Gasteiger partial charge in [0.25, 0.3) is 0 Å². The fourth-order valence-corrected chi connectivity index (χ4v) is 1.86. The SMILES string of the molecule is COCCNC(=O)CCc1nc(-c2cccc(C)c2)no1. The van der Waals surface area contributed by atoms with Crippen LogP contribution >= 0.6 is 0 Å². The molecule has 0 atom stereocenters. The lowest BCUT2D eigenvalue weighted by atomic mass is 10.1. The van der Waals surface area contributed by atoms with Crippen molar-refractivity contribution in [2.75, 3.05) is 20.3 Å². The molecule has 2 rings (SSSR count). The van der Waals surface area contributed by atoms with E-state index in [0.717, 1.165) is 11.1 Å². The molecule has 0 saturated carbocycles. The summed E-state index contributed by atoms with van der Waals surface area (Å²) in [7, 11) is 1.59. The van der Waals surface area contributed by atoms with E-state index in [4.69, 9.17) is 9.26 Å². The second kappa shape index (κ2) is 7.54. The van der Waals surface area contributed by atoms with Crippen LogP contribution in [0.1, 0.15) is 17.9 Å². The Labute approximate surface area is 123 Å². The average Bonchev–Trinajstić information content (AvgIpc) is 2.94. The van der Waals surface area contributed by atoms with Gasteiger partial charge in [-0.3, -0.25) is 4.79 Å². The number of methoxy groups -OCH3 is 1. The van der Waals surface area contributed by atoms with Gasteiger partial charge in [-0.25, -0.2) is 0 Å². The number of carbonyl (C=O) groups excluding carboxylic acids is 1. The zero-order chi connectivity index (χ0) is 15.1. The van der Waals surface area contributed by atoms with Crippen LogP contribution in [0, 0.1) is 6.92 Å². The summed E-state index contributed by atoms with van der Waals surface area (Å²) in [4.78, 5) is 15.9. The number of nitrogens with one attached hydrogen (secondary N) is 1. The monoisotopic (exact) mass is 289 g/mol. The molecule has 2 aromatic rings. The fourth-order valence-electron chi connectivity index (χ4n) is 1.86. The lowest BCUT2D eigenvalue weighted by Gasteiger charge is -2.02. The number of aryl methyl sites for hydroxylation is 2. The van der Waals surface area contributed by atoms with E-state index in [1.54, 1.807) is 7.11 Å². The number of aromatic nitrogens is 2. The van der Waals surface area contributed by atoms with Gasteiger partial charge in [-0.1, -0.05) is 28.9 Å². The van der Waals surface area contributed by atoms with Crippen molar-refractivity contribution in [1.29, 1.82) is 0 Å². The van der Waals surface area contributed by atoms with Gasteiger partial charge in [-0.2, -0.15) is 4.98 Å². The van der Waals surface area contributed by atoms with Crippen LogP contribution in [0.4, 0.5) is 0 Å². The maximum absolute atomic E-state index is 11.6. The molecule has 1 N–H and O–H groups in total. The lowest BCUT2D eigenvalue weighted by molar-refractivity contribution is -0.121. The van der Waals surface area contributed by atoms with Gasteiger partial charge >= 0.3 is 0 Å². The van der Waals surface area contributed by atoms with Crippen molar-refractivity contribution in [2.45, 2.75) is 19.8 Å². The molecule has 1 amide bonds. The van der Waals surface area contributed by atoms with E-state index in [-0.39, 0.29) is 5.91 Å². The number of hydrogen-bond acceptors (Lipinski definition) is 5. The van der Waals surface area contributed by atoms with Crippen molar-refractivity contribution in [3.05, 3.63) is 35.7 Å². The molecule has 0 aliphatic heterocycles. The van der Waals surface area contributed by atoms with Crippen molar-refractivity contribution in [3.8, 4) is 11.4 Å². The first-order chi connectivity index (χ1) is 10.2. The summed E-state index contributed by atoms with van der Waals surface area (Å²) < 4.78 is 10.0. The second-order valence-electron chi connectivity index (χ2n) is 4.72. The Balaban J connectivity index is 1.87. The van der Waals surface area contributed by atoms with E-state index in [0.29, 0.717) is 37.7 Å². The fraction of sp³-hybridized carbons (Fsp3) is 0.400. The molecule has 0 bridgehead atoms. The second-order valence-corrected chi connectivity index (χ2v) is 4.72. The molecule has 0 unspecified atom stereocenters. The maximum Gasteiger partial charge on any atom is 0.227 e. The van der Waals surface area contributed by atoms with Crippen LogP contribution in [0.15, 0.2) is 28.8 Å². The summed E-state index contributed by atoms with van der Waals surface area (Å²) in [5, 5.41) is 6.69. The Kier molecular flexibility index (Phi) is 5.45. The standard InChI is InChI=1S/C15H19N3O3/c1-11-4-3-5-12(10-11)15-17-14(21-18-15)7-6-13(19)16-8-9-20-2/h3-5,10H,6-9H2,1-2H3,(H,16,19). The number of nitrogens with zero attached hydrogens (tertiary/aromatic N) is 2. The van der Waals surface area contributed by atoms with Crippen molar-refractivity contribution >= 4 is 5.91 Å². The van der Waals surface area contributed by atoms with Gasteiger partial charge in [-0.05, 0) is 13.0 Å². The molecule has 6 nitrogen and oxygen atoms in total. The van der Waals surface area contributed by atoms with Crippen LogP contribution in [-0.4, -0.2) is 36.3 Å². The number of hydrogen-bond donors (Lipinski definition) is 1. The van der Waals surface area contributed by atoms with Crippen molar-refractivity contribution in [3.63, 3.8) is 0 Å². The molecular formula is C15H19N3O3. The summed E-state index contributed by atoms with van der Waals surface area (Å²) in [6, 6.07) is 7.88.